The molecule has 19 heavy (non-hydrogen) atoms. The van der Waals surface area contributed by atoms with Gasteiger partial charge < -0.3 is 5.32 Å². The van der Waals surface area contributed by atoms with Crippen molar-refractivity contribution in [1.29, 1.82) is 0 Å². The molecule has 0 atom stereocenters. The summed E-state index contributed by atoms with van der Waals surface area (Å²) < 4.78 is 0. The zero-order valence-electron chi connectivity index (χ0n) is 11.2. The predicted octanol–water partition coefficient (Wildman–Crippen LogP) is 2.75. The van der Waals surface area contributed by atoms with Gasteiger partial charge in [0.1, 0.15) is 6.33 Å². The molecule has 1 heterocycles. The lowest BCUT2D eigenvalue weighted by Crippen LogP contribution is -2.20. The molecule has 0 saturated carbocycles. The number of carbonyl (C=O) groups is 1. The van der Waals surface area contributed by atoms with Crippen LogP contribution in [-0.2, 0) is 5.41 Å². The first kappa shape index (κ1) is 13.1. The SMILES string of the molecule is CC(C)(C)c1ccc(NC(=O)Nc2ncn[nH]2)cc1. The van der Waals surface area contributed by atoms with Crippen molar-refractivity contribution in [2.75, 3.05) is 10.6 Å². The largest absolute Gasteiger partial charge is 0.326 e. The second-order valence-corrected chi connectivity index (χ2v) is 5.24. The summed E-state index contributed by atoms with van der Waals surface area (Å²) in [5.74, 6) is 0.309. The quantitative estimate of drug-likeness (QED) is 0.775. The van der Waals surface area contributed by atoms with Crippen molar-refractivity contribution in [3.8, 4) is 0 Å². The van der Waals surface area contributed by atoms with E-state index in [9.17, 15) is 4.79 Å². The third-order valence-corrected chi connectivity index (χ3v) is 2.66. The Balaban J connectivity index is 1.98. The van der Waals surface area contributed by atoms with Crippen LogP contribution in [0.15, 0.2) is 30.6 Å². The number of anilines is 2. The van der Waals surface area contributed by atoms with Crippen molar-refractivity contribution >= 4 is 17.7 Å². The Morgan fingerprint density at radius 1 is 1.16 bits per heavy atom. The second kappa shape index (κ2) is 5.09. The maximum Gasteiger partial charge on any atom is 0.326 e. The number of amides is 2. The molecular formula is C13H17N5O. The highest BCUT2D eigenvalue weighted by atomic mass is 16.2. The van der Waals surface area contributed by atoms with Crippen LogP contribution < -0.4 is 10.6 Å². The average molecular weight is 259 g/mol. The highest BCUT2D eigenvalue weighted by Gasteiger charge is 2.13. The summed E-state index contributed by atoms with van der Waals surface area (Å²) in [6, 6.07) is 7.40. The van der Waals surface area contributed by atoms with E-state index in [2.05, 4.69) is 46.6 Å². The molecule has 2 aromatic rings. The molecule has 2 rings (SSSR count). The van der Waals surface area contributed by atoms with Crippen LogP contribution in [-0.4, -0.2) is 21.2 Å². The summed E-state index contributed by atoms with van der Waals surface area (Å²) in [6.07, 6.45) is 1.33. The number of rotatable bonds is 2. The Labute approximate surface area is 111 Å². The molecule has 0 aliphatic heterocycles. The number of nitrogens with one attached hydrogen (secondary N) is 3. The van der Waals surface area contributed by atoms with Crippen LogP contribution in [0.25, 0.3) is 0 Å². The third kappa shape index (κ3) is 3.54. The summed E-state index contributed by atoms with van der Waals surface area (Å²) in [4.78, 5) is 15.5. The van der Waals surface area contributed by atoms with E-state index < -0.39 is 0 Å². The molecule has 0 bridgehead atoms. The third-order valence-electron chi connectivity index (χ3n) is 2.66. The standard InChI is InChI=1S/C13H17N5O/c1-13(2,3)9-4-6-10(7-5-9)16-12(19)17-11-14-8-15-18-11/h4-8H,1-3H3,(H3,14,15,16,17,18,19). The van der Waals surface area contributed by atoms with Gasteiger partial charge in [-0.25, -0.2) is 9.89 Å². The van der Waals surface area contributed by atoms with E-state index in [1.165, 1.54) is 11.9 Å². The van der Waals surface area contributed by atoms with Crippen LogP contribution in [0.5, 0.6) is 0 Å². The van der Waals surface area contributed by atoms with Gasteiger partial charge in [0, 0.05) is 5.69 Å². The van der Waals surface area contributed by atoms with Crippen LogP contribution in [0.1, 0.15) is 26.3 Å². The maximum atomic E-state index is 11.7. The Bertz CT molecular complexity index is 539. The van der Waals surface area contributed by atoms with Crippen LogP contribution in [0.4, 0.5) is 16.4 Å². The fourth-order valence-corrected chi connectivity index (χ4v) is 1.59. The lowest BCUT2D eigenvalue weighted by atomic mass is 9.87. The van der Waals surface area contributed by atoms with Crippen molar-refractivity contribution in [3.63, 3.8) is 0 Å². The van der Waals surface area contributed by atoms with Gasteiger partial charge in [0.15, 0.2) is 0 Å². The topological polar surface area (TPSA) is 82.7 Å². The van der Waals surface area contributed by atoms with E-state index in [0.717, 1.165) is 5.69 Å². The first-order valence-corrected chi connectivity index (χ1v) is 5.99. The van der Waals surface area contributed by atoms with Gasteiger partial charge in [-0.05, 0) is 23.1 Å². The van der Waals surface area contributed by atoms with Crippen molar-refractivity contribution in [3.05, 3.63) is 36.2 Å². The van der Waals surface area contributed by atoms with Gasteiger partial charge in [0.2, 0.25) is 5.95 Å². The van der Waals surface area contributed by atoms with Gasteiger partial charge in [-0.3, -0.25) is 5.32 Å². The van der Waals surface area contributed by atoms with E-state index in [4.69, 9.17) is 0 Å². The maximum absolute atomic E-state index is 11.7. The molecule has 3 N–H and O–H groups in total. The molecule has 0 fully saturated rings. The Hall–Kier alpha value is -2.37. The number of carbonyl (C=O) groups excluding carboxylic acids is 1. The minimum absolute atomic E-state index is 0.0978. The highest BCUT2D eigenvalue weighted by molar-refractivity contribution is 5.98. The molecule has 100 valence electrons. The summed E-state index contributed by atoms with van der Waals surface area (Å²) >= 11 is 0. The first-order chi connectivity index (χ1) is 8.95. The van der Waals surface area contributed by atoms with E-state index in [1.54, 1.807) is 0 Å². The van der Waals surface area contributed by atoms with Crippen LogP contribution in [0.2, 0.25) is 0 Å². The summed E-state index contributed by atoms with van der Waals surface area (Å²) in [6.45, 7) is 6.43. The lowest BCUT2D eigenvalue weighted by molar-refractivity contribution is 0.262. The smallest absolute Gasteiger partial charge is 0.308 e. The minimum atomic E-state index is -0.361. The molecule has 2 amide bonds. The fourth-order valence-electron chi connectivity index (χ4n) is 1.59. The number of aromatic amines is 1. The van der Waals surface area contributed by atoms with Gasteiger partial charge >= 0.3 is 6.03 Å². The average Bonchev–Trinajstić information content (AvgIpc) is 2.81. The molecule has 0 aliphatic rings. The molecule has 1 aromatic heterocycles. The molecule has 0 spiro atoms. The van der Waals surface area contributed by atoms with Crippen LogP contribution in [0.3, 0.4) is 0 Å². The second-order valence-electron chi connectivity index (χ2n) is 5.24. The zero-order chi connectivity index (χ0) is 13.9. The predicted molar refractivity (Wildman–Crippen MR) is 74.2 cm³/mol. The number of nitrogens with zero attached hydrogens (tertiary/aromatic N) is 2. The number of urea groups is 1. The van der Waals surface area contributed by atoms with Crippen LogP contribution in [0, 0.1) is 0 Å². The van der Waals surface area contributed by atoms with E-state index in [-0.39, 0.29) is 11.4 Å². The summed E-state index contributed by atoms with van der Waals surface area (Å²) in [5.41, 5.74) is 2.04. The Morgan fingerprint density at radius 2 is 1.84 bits per heavy atom. The number of aromatic nitrogens is 3. The number of H-pyrrole nitrogens is 1. The zero-order valence-corrected chi connectivity index (χ0v) is 11.2. The Kier molecular flexibility index (Phi) is 3.50. The molecule has 0 radical (unpaired) electrons. The monoisotopic (exact) mass is 259 g/mol. The normalized spacial score (nSPS) is 11.1. The number of benzene rings is 1. The molecule has 6 nitrogen and oxygen atoms in total. The number of hydrogen-bond donors (Lipinski definition) is 3. The molecule has 6 heteroatoms. The van der Waals surface area contributed by atoms with E-state index in [1.807, 2.05) is 24.3 Å². The summed E-state index contributed by atoms with van der Waals surface area (Å²) in [7, 11) is 0. The van der Waals surface area contributed by atoms with Crippen molar-refractivity contribution in [2.24, 2.45) is 0 Å². The minimum Gasteiger partial charge on any atom is -0.308 e. The molecular weight excluding hydrogens is 242 g/mol. The highest BCUT2D eigenvalue weighted by Crippen LogP contribution is 2.23. The van der Waals surface area contributed by atoms with Gasteiger partial charge in [-0.2, -0.15) is 10.1 Å². The molecule has 0 unspecified atom stereocenters. The van der Waals surface area contributed by atoms with Crippen molar-refractivity contribution < 1.29 is 4.79 Å². The number of hydrogen-bond acceptors (Lipinski definition) is 3. The van der Waals surface area contributed by atoms with Crippen molar-refractivity contribution in [1.82, 2.24) is 15.2 Å². The Morgan fingerprint density at radius 3 is 2.37 bits per heavy atom. The molecule has 1 aromatic carbocycles. The van der Waals surface area contributed by atoms with E-state index >= 15 is 0 Å². The molecule has 0 saturated heterocycles. The van der Waals surface area contributed by atoms with Crippen molar-refractivity contribution in [2.45, 2.75) is 26.2 Å². The molecule has 0 aliphatic carbocycles. The first-order valence-electron chi connectivity index (χ1n) is 5.99. The van der Waals surface area contributed by atoms with Crippen LogP contribution >= 0.6 is 0 Å². The lowest BCUT2D eigenvalue weighted by Gasteiger charge is -2.19. The van der Waals surface area contributed by atoms with E-state index in [0.29, 0.717) is 5.95 Å². The van der Waals surface area contributed by atoms with Gasteiger partial charge in [-0.15, -0.1) is 0 Å². The van der Waals surface area contributed by atoms with Gasteiger partial charge in [-0.1, -0.05) is 32.9 Å². The van der Waals surface area contributed by atoms with Gasteiger partial charge in [0.05, 0.1) is 0 Å². The van der Waals surface area contributed by atoms with Gasteiger partial charge in [0.25, 0.3) is 0 Å². The summed E-state index contributed by atoms with van der Waals surface area (Å²) in [5, 5.41) is 11.4. The fraction of sp³-hybridized carbons (Fsp3) is 0.308.